The zero-order valence-corrected chi connectivity index (χ0v) is 14.1. The van der Waals surface area contributed by atoms with Gasteiger partial charge in [-0.05, 0) is 44.5 Å². The Balaban J connectivity index is 0.00000192. The molecule has 1 aliphatic heterocycles. The lowest BCUT2D eigenvalue weighted by Crippen LogP contribution is -2.42. The number of aromatic amines is 1. The van der Waals surface area contributed by atoms with E-state index >= 15 is 0 Å². The second-order valence-corrected chi connectivity index (χ2v) is 5.92. The molecular formula is C16H23ClN4O2. The van der Waals surface area contributed by atoms with Crippen LogP contribution in [0.15, 0.2) is 29.1 Å². The summed E-state index contributed by atoms with van der Waals surface area (Å²) in [6.45, 7) is 2.67. The molecule has 1 aliphatic rings. The van der Waals surface area contributed by atoms with Crippen molar-refractivity contribution in [3.8, 4) is 0 Å². The highest BCUT2D eigenvalue weighted by atomic mass is 35.5. The Labute approximate surface area is 141 Å². The molecule has 1 saturated heterocycles. The van der Waals surface area contributed by atoms with Crippen LogP contribution in [0.3, 0.4) is 0 Å². The second-order valence-electron chi connectivity index (χ2n) is 5.92. The highest BCUT2D eigenvalue weighted by molar-refractivity contribution is 5.85. The predicted octanol–water partition coefficient (Wildman–Crippen LogP) is 1.21. The summed E-state index contributed by atoms with van der Waals surface area (Å²) in [6, 6.07) is 7.46. The maximum absolute atomic E-state index is 12.5. The maximum Gasteiger partial charge on any atom is 0.326 e. The molecule has 2 N–H and O–H groups in total. The fourth-order valence-corrected chi connectivity index (χ4v) is 3.17. The molecule has 0 saturated carbocycles. The van der Waals surface area contributed by atoms with Gasteiger partial charge in [0, 0.05) is 13.1 Å². The van der Waals surface area contributed by atoms with E-state index in [1.54, 1.807) is 0 Å². The molecule has 0 radical (unpaired) electrons. The maximum atomic E-state index is 12.5. The molecule has 2 aromatic rings. The van der Waals surface area contributed by atoms with Crippen LogP contribution in [0, 0.1) is 5.92 Å². The molecule has 1 aromatic heterocycles. The third kappa shape index (κ3) is 3.76. The molecule has 126 valence electrons. The van der Waals surface area contributed by atoms with Gasteiger partial charge in [-0.25, -0.2) is 4.79 Å². The van der Waals surface area contributed by atoms with Crippen molar-refractivity contribution in [2.45, 2.75) is 19.4 Å². The van der Waals surface area contributed by atoms with E-state index in [0.29, 0.717) is 5.92 Å². The van der Waals surface area contributed by atoms with E-state index in [1.165, 1.54) is 4.57 Å². The number of piperidine rings is 1. The van der Waals surface area contributed by atoms with Gasteiger partial charge in [0.2, 0.25) is 5.91 Å². The summed E-state index contributed by atoms with van der Waals surface area (Å²) in [5.74, 6) is 0.666. The Kier molecular flexibility index (Phi) is 5.85. The molecule has 0 atom stereocenters. The van der Waals surface area contributed by atoms with Gasteiger partial charge in [0.25, 0.3) is 0 Å². The first-order chi connectivity index (χ1) is 10.7. The van der Waals surface area contributed by atoms with Gasteiger partial charge in [-0.2, -0.15) is 0 Å². The van der Waals surface area contributed by atoms with Crippen LogP contribution in [-0.2, 0) is 11.3 Å². The first kappa shape index (κ1) is 17.6. The average Bonchev–Trinajstić information content (AvgIpc) is 2.84. The summed E-state index contributed by atoms with van der Waals surface area (Å²) in [6.07, 6.45) is 2.05. The topological polar surface area (TPSA) is 70.1 Å². The van der Waals surface area contributed by atoms with Crippen molar-refractivity contribution in [3.63, 3.8) is 0 Å². The van der Waals surface area contributed by atoms with Crippen molar-refractivity contribution in [3.05, 3.63) is 34.7 Å². The molecule has 6 nitrogen and oxygen atoms in total. The third-order valence-electron chi connectivity index (χ3n) is 4.44. The highest BCUT2D eigenvalue weighted by Gasteiger charge is 2.23. The van der Waals surface area contributed by atoms with Gasteiger partial charge in [-0.15, -0.1) is 12.4 Å². The number of H-pyrrole nitrogens is 1. The Morgan fingerprint density at radius 1 is 1.30 bits per heavy atom. The van der Waals surface area contributed by atoms with Crippen molar-refractivity contribution in [2.75, 3.05) is 26.7 Å². The number of rotatable bonds is 4. The molecule has 1 aromatic carbocycles. The fraction of sp³-hybridized carbons (Fsp3) is 0.500. The SMILES string of the molecule is CNCC1CCN(C(=O)Cn2c(=O)[nH]c3ccccc32)CC1.Cl. The van der Waals surface area contributed by atoms with Crippen LogP contribution < -0.4 is 11.0 Å². The standard InChI is InChI=1S/C16H22N4O2.ClH/c1-17-10-12-6-8-19(9-7-12)15(21)11-20-14-5-3-2-4-13(14)18-16(20)22;/h2-5,12,17H,6-11H2,1H3,(H,18,22);1H. The molecule has 0 spiro atoms. The van der Waals surface area contributed by atoms with Crippen LogP contribution in [0.4, 0.5) is 0 Å². The van der Waals surface area contributed by atoms with Crippen LogP contribution in [0.1, 0.15) is 12.8 Å². The molecule has 7 heteroatoms. The molecule has 2 heterocycles. The predicted molar refractivity (Wildman–Crippen MR) is 93.0 cm³/mol. The number of nitrogens with one attached hydrogen (secondary N) is 2. The van der Waals surface area contributed by atoms with Crippen LogP contribution in [0.5, 0.6) is 0 Å². The van der Waals surface area contributed by atoms with Gasteiger partial charge < -0.3 is 15.2 Å². The van der Waals surface area contributed by atoms with Crippen molar-refractivity contribution < 1.29 is 4.79 Å². The van der Waals surface area contributed by atoms with Crippen molar-refractivity contribution in [1.82, 2.24) is 19.8 Å². The van der Waals surface area contributed by atoms with Crippen molar-refractivity contribution >= 4 is 29.3 Å². The van der Waals surface area contributed by atoms with Gasteiger partial charge in [0.05, 0.1) is 11.0 Å². The number of para-hydroxylation sites is 2. The number of carbonyl (C=O) groups excluding carboxylic acids is 1. The number of carbonyl (C=O) groups is 1. The lowest BCUT2D eigenvalue weighted by atomic mass is 9.97. The number of halogens is 1. The van der Waals surface area contributed by atoms with E-state index < -0.39 is 0 Å². The van der Waals surface area contributed by atoms with Crippen LogP contribution in [0.25, 0.3) is 11.0 Å². The largest absolute Gasteiger partial charge is 0.341 e. The minimum Gasteiger partial charge on any atom is -0.341 e. The number of imidazole rings is 1. The molecule has 1 fully saturated rings. The minimum atomic E-state index is -0.223. The van der Waals surface area contributed by atoms with Crippen LogP contribution in [-0.4, -0.2) is 47.0 Å². The Hall–Kier alpha value is -1.79. The normalized spacial score (nSPS) is 15.6. The summed E-state index contributed by atoms with van der Waals surface area (Å²) in [5, 5.41) is 3.19. The van der Waals surface area contributed by atoms with Gasteiger partial charge in [0.15, 0.2) is 0 Å². The molecule has 0 bridgehead atoms. The number of hydrogen-bond donors (Lipinski definition) is 2. The molecule has 0 unspecified atom stereocenters. The number of aromatic nitrogens is 2. The van der Waals surface area contributed by atoms with E-state index in [9.17, 15) is 9.59 Å². The Morgan fingerprint density at radius 2 is 2.00 bits per heavy atom. The van der Waals surface area contributed by atoms with Crippen molar-refractivity contribution in [2.24, 2.45) is 5.92 Å². The molecule has 1 amide bonds. The minimum absolute atomic E-state index is 0. The number of likely N-dealkylation sites (tertiary alicyclic amines) is 1. The van der Waals surface area contributed by atoms with E-state index in [-0.39, 0.29) is 30.5 Å². The number of benzene rings is 1. The lowest BCUT2D eigenvalue weighted by molar-refractivity contribution is -0.133. The zero-order chi connectivity index (χ0) is 15.5. The van der Waals surface area contributed by atoms with Gasteiger partial charge in [-0.3, -0.25) is 9.36 Å². The summed E-state index contributed by atoms with van der Waals surface area (Å²) >= 11 is 0. The molecule has 0 aliphatic carbocycles. The first-order valence-corrected chi connectivity index (χ1v) is 7.79. The second kappa shape index (κ2) is 7.66. The monoisotopic (exact) mass is 338 g/mol. The highest BCUT2D eigenvalue weighted by Crippen LogP contribution is 2.17. The first-order valence-electron chi connectivity index (χ1n) is 7.79. The molecular weight excluding hydrogens is 316 g/mol. The fourth-order valence-electron chi connectivity index (χ4n) is 3.17. The Morgan fingerprint density at radius 3 is 2.70 bits per heavy atom. The quantitative estimate of drug-likeness (QED) is 0.880. The van der Waals surface area contributed by atoms with Crippen LogP contribution >= 0.6 is 12.4 Å². The summed E-state index contributed by atoms with van der Waals surface area (Å²) < 4.78 is 1.53. The Bertz CT molecular complexity index is 716. The van der Waals surface area contributed by atoms with E-state index in [0.717, 1.165) is 43.5 Å². The number of amides is 1. The van der Waals surface area contributed by atoms with Crippen molar-refractivity contribution in [1.29, 1.82) is 0 Å². The number of nitrogens with zero attached hydrogens (tertiary/aromatic N) is 2. The summed E-state index contributed by atoms with van der Waals surface area (Å²) in [7, 11) is 1.96. The van der Waals surface area contributed by atoms with E-state index in [4.69, 9.17) is 0 Å². The summed E-state index contributed by atoms with van der Waals surface area (Å²) in [5.41, 5.74) is 1.33. The molecule has 23 heavy (non-hydrogen) atoms. The lowest BCUT2D eigenvalue weighted by Gasteiger charge is -2.32. The number of hydrogen-bond acceptors (Lipinski definition) is 3. The summed E-state index contributed by atoms with van der Waals surface area (Å²) in [4.78, 5) is 29.1. The average molecular weight is 339 g/mol. The smallest absolute Gasteiger partial charge is 0.326 e. The van der Waals surface area contributed by atoms with Gasteiger partial charge in [-0.1, -0.05) is 12.1 Å². The van der Waals surface area contributed by atoms with Gasteiger partial charge in [0.1, 0.15) is 6.54 Å². The zero-order valence-electron chi connectivity index (χ0n) is 13.2. The van der Waals surface area contributed by atoms with Crippen LogP contribution in [0.2, 0.25) is 0 Å². The van der Waals surface area contributed by atoms with E-state index in [2.05, 4.69) is 10.3 Å². The number of fused-ring (bicyclic) bond motifs is 1. The third-order valence-corrected chi connectivity index (χ3v) is 4.44. The van der Waals surface area contributed by atoms with Gasteiger partial charge >= 0.3 is 5.69 Å². The van der Waals surface area contributed by atoms with E-state index in [1.807, 2.05) is 36.2 Å². The molecule has 3 rings (SSSR count).